The fourth-order valence-electron chi connectivity index (χ4n) is 4.69. The molecule has 0 aromatic heterocycles. The van der Waals surface area contributed by atoms with Crippen molar-refractivity contribution in [3.8, 4) is 0 Å². The molecule has 6 nitrogen and oxygen atoms in total. The number of rotatable bonds is 30. The molecule has 0 aliphatic heterocycles. The maximum absolute atomic E-state index is 10.3. The molecule has 0 bridgehead atoms. The van der Waals surface area contributed by atoms with Gasteiger partial charge in [0, 0.05) is 12.8 Å². The van der Waals surface area contributed by atoms with Gasteiger partial charge in [-0.3, -0.25) is 9.59 Å². The Labute approximate surface area is 295 Å². The maximum atomic E-state index is 10.3. The molecule has 0 unspecified atom stereocenters. The topological polar surface area (TPSA) is 142 Å². The van der Waals surface area contributed by atoms with Gasteiger partial charge in [-0.15, -0.1) is 0 Å². The quantitative estimate of drug-likeness (QED) is 0.0548. The summed E-state index contributed by atoms with van der Waals surface area (Å²) < 4.78 is 0. The van der Waals surface area contributed by atoms with Gasteiger partial charge >= 0.3 is 47.3 Å². The van der Waals surface area contributed by atoms with E-state index in [2.05, 4.69) is 38.2 Å². The molecule has 0 saturated carbocycles. The van der Waals surface area contributed by atoms with E-state index in [4.69, 9.17) is 29.0 Å². The first-order chi connectivity index (χ1) is 21.0. The van der Waals surface area contributed by atoms with Crippen LogP contribution in [0.25, 0.3) is 12.3 Å². The van der Waals surface area contributed by atoms with Gasteiger partial charge in [0.15, 0.2) is 0 Å². The number of carboxylic acids is 2. The molecule has 0 radical (unpaired) electrons. The van der Waals surface area contributed by atoms with E-state index in [0.29, 0.717) is 12.8 Å². The fourth-order valence-corrected chi connectivity index (χ4v) is 4.69. The number of carbonyl (C=O) groups is 2. The van der Waals surface area contributed by atoms with E-state index in [-0.39, 0.29) is 12.3 Å². The van der Waals surface area contributed by atoms with Crippen LogP contribution in [0.4, 0.5) is 0 Å². The Morgan fingerprint density at radius 2 is 0.644 bits per heavy atom. The number of aliphatic carboxylic acids is 2. The van der Waals surface area contributed by atoms with Crippen LogP contribution >= 0.6 is 18.8 Å². The third-order valence-corrected chi connectivity index (χ3v) is 7.30. The van der Waals surface area contributed by atoms with Crippen molar-refractivity contribution < 1.29 is 36.3 Å². The van der Waals surface area contributed by atoms with Crippen LogP contribution in [0.3, 0.4) is 0 Å². The summed E-state index contributed by atoms with van der Waals surface area (Å²) in [5.74, 6) is -1.33. The van der Waals surface area contributed by atoms with Crippen LogP contribution in [-0.4, -0.2) is 22.2 Å². The first-order valence-electron chi connectivity index (χ1n) is 17.5. The van der Waals surface area contributed by atoms with Crippen molar-refractivity contribution in [1.29, 1.82) is 0 Å². The molecule has 9 heteroatoms. The molecule has 0 fully saturated rings. The zero-order valence-electron chi connectivity index (χ0n) is 29.0. The van der Waals surface area contributed by atoms with Crippen LogP contribution in [0.1, 0.15) is 194 Å². The Morgan fingerprint density at radius 3 is 0.867 bits per heavy atom. The summed E-state index contributed by atoms with van der Waals surface area (Å²) in [6.45, 7) is 4.52. The number of allylic oxidation sites excluding steroid dienone is 4. The molecule has 0 aromatic rings. The third-order valence-electron chi connectivity index (χ3n) is 7.30. The second-order valence-corrected chi connectivity index (χ2v) is 14.8. The van der Waals surface area contributed by atoms with Crippen molar-refractivity contribution in [2.24, 2.45) is 0 Å². The summed E-state index contributed by atoms with van der Waals surface area (Å²) in [4.78, 5) is 20.6. The predicted molar refractivity (Wildman–Crippen MR) is 196 cm³/mol. The van der Waals surface area contributed by atoms with E-state index in [1.807, 2.05) is 0 Å². The number of unbranched alkanes of at least 4 members (excludes halogenated alkanes) is 22. The van der Waals surface area contributed by atoms with Gasteiger partial charge in [0.25, 0.3) is 0 Å². The largest absolute Gasteiger partial charge is 0.693 e. The standard InChI is InChI=1S/2C18H34O2.2ClH.2H2N.Pt/c2*1-2-3-4-5-6-7-8-9-10-11-12-13-14-15-16-17-18(19)20;;;;;/h2*9-10H,2-8,11-17H2,1H3,(H,19,20);2*1H;2*1H2;/q;;;;2*-1;+4/p-2/b2*10-9-;;;;;. The number of halogens is 2. The second-order valence-electron chi connectivity index (χ2n) is 11.5. The average molecular weight is 863 g/mol. The van der Waals surface area contributed by atoms with E-state index in [9.17, 15) is 9.59 Å². The molecule has 0 atom stereocenters. The molecule has 0 saturated heterocycles. The van der Waals surface area contributed by atoms with E-state index in [0.717, 1.165) is 25.7 Å². The monoisotopic (exact) mass is 861 g/mol. The summed E-state index contributed by atoms with van der Waals surface area (Å²) >= 11 is -0.472. The molecule has 0 aliphatic carbocycles. The van der Waals surface area contributed by atoms with Gasteiger partial charge in [-0.1, -0.05) is 141 Å². The summed E-state index contributed by atoms with van der Waals surface area (Å²) in [5.41, 5.74) is 0. The van der Waals surface area contributed by atoms with Crippen LogP contribution in [0, 0.1) is 0 Å². The van der Waals surface area contributed by atoms with E-state index in [1.165, 1.54) is 141 Å². The molecule has 6 N–H and O–H groups in total. The Balaban J connectivity index is -0.000000209. The molecule has 0 rings (SSSR count). The van der Waals surface area contributed by atoms with Crippen molar-refractivity contribution >= 4 is 30.8 Å². The number of hydrogen-bond donors (Lipinski definition) is 2. The zero-order valence-corrected chi connectivity index (χ0v) is 32.8. The molecular weight excluding hydrogens is 790 g/mol. The van der Waals surface area contributed by atoms with Gasteiger partial charge in [-0.2, -0.15) is 0 Å². The van der Waals surface area contributed by atoms with Crippen molar-refractivity contribution in [2.45, 2.75) is 194 Å². The van der Waals surface area contributed by atoms with Crippen molar-refractivity contribution in [2.75, 3.05) is 0 Å². The normalized spacial score (nSPS) is 10.5. The Hall–Kier alpha value is -0.392. The van der Waals surface area contributed by atoms with E-state index in [1.54, 1.807) is 0 Å². The van der Waals surface area contributed by atoms with Crippen LogP contribution in [0.2, 0.25) is 0 Å². The van der Waals surface area contributed by atoms with Crippen molar-refractivity contribution in [3.63, 3.8) is 0 Å². The second kappa shape index (κ2) is 53.1. The molecule has 0 aliphatic rings. The molecule has 0 aromatic carbocycles. The van der Waals surface area contributed by atoms with Gasteiger partial charge < -0.3 is 22.5 Å². The maximum Gasteiger partial charge on any atom is -0.693 e. The number of nitrogens with two attached hydrogens (primary N) is 2. The first-order valence-corrected chi connectivity index (χ1v) is 23.1. The van der Waals surface area contributed by atoms with Crippen LogP contribution in [0.15, 0.2) is 24.3 Å². The van der Waals surface area contributed by atoms with E-state index < -0.39 is 28.4 Å². The van der Waals surface area contributed by atoms with Gasteiger partial charge in [-0.05, 0) is 64.2 Å². The molecule has 274 valence electrons. The van der Waals surface area contributed by atoms with Crippen LogP contribution in [0.5, 0.6) is 0 Å². The summed E-state index contributed by atoms with van der Waals surface area (Å²) in [5, 5.41) is 17.0. The van der Waals surface area contributed by atoms with Gasteiger partial charge in [0.05, 0.1) is 0 Å². The summed E-state index contributed by atoms with van der Waals surface area (Å²) in [7, 11) is 9.75. The minimum atomic E-state index is -0.664. The van der Waals surface area contributed by atoms with Gasteiger partial charge in [-0.25, -0.2) is 0 Å². The predicted octanol–water partition coefficient (Wildman–Crippen LogP) is 15.0. The van der Waals surface area contributed by atoms with Gasteiger partial charge in [0.2, 0.25) is 0 Å². The van der Waals surface area contributed by atoms with Crippen molar-refractivity contribution in [3.05, 3.63) is 36.6 Å². The molecule has 0 spiro atoms. The van der Waals surface area contributed by atoms with Gasteiger partial charge in [0.1, 0.15) is 0 Å². The number of carboxylic acid groups (broad SMARTS) is 2. The summed E-state index contributed by atoms with van der Waals surface area (Å²) in [6.07, 6.45) is 42.5. The molecular formula is C36H72Cl2N2O4Pt. The molecule has 0 amide bonds. The molecule has 45 heavy (non-hydrogen) atoms. The smallest absolute Gasteiger partial charge is 0.693 e. The zero-order chi connectivity index (χ0) is 32.5. The Kier molecular flexibility index (Phi) is 63.8. The SMILES string of the molecule is CCCCCCCC/C=C\CCCCCCCC(=O)O.CCCCCCCC/C=C\CCCCCCCC(=O)O.[Cl][Pt+2][Cl].[NH2-].[NH2-]. The third kappa shape index (κ3) is 66.8. The van der Waals surface area contributed by atoms with Crippen LogP contribution < -0.4 is 0 Å². The number of hydrogen-bond acceptors (Lipinski definition) is 2. The first kappa shape index (κ1) is 54.1. The fraction of sp³-hybridized carbons (Fsp3) is 0.833. The summed E-state index contributed by atoms with van der Waals surface area (Å²) in [6, 6.07) is 0. The van der Waals surface area contributed by atoms with Crippen LogP contribution in [-0.2, 0) is 26.1 Å². The minimum Gasteiger partial charge on any atom is -0.693 e. The molecule has 0 heterocycles. The Morgan fingerprint density at radius 1 is 0.444 bits per heavy atom. The average Bonchev–Trinajstić information content (AvgIpc) is 2.97. The van der Waals surface area contributed by atoms with E-state index >= 15 is 0 Å². The Bertz CT molecular complexity index is 562. The van der Waals surface area contributed by atoms with Crippen molar-refractivity contribution in [1.82, 2.24) is 0 Å². The minimum absolute atomic E-state index is 0.